The molecule has 2 rings (SSSR count). The molecule has 182 valence electrons. The van der Waals surface area contributed by atoms with Crippen LogP contribution in [-0.4, -0.2) is 56.5 Å². The van der Waals surface area contributed by atoms with Crippen molar-refractivity contribution in [2.45, 2.75) is 40.8 Å². The Morgan fingerprint density at radius 1 is 0.727 bits per heavy atom. The molecule has 0 spiro atoms. The second-order valence-corrected chi connectivity index (χ2v) is 8.22. The standard InChI is InChI=1S/C13H17NO4.C9H13N.C2H3BrO2/c1-9-3-10(2)5-11(4-9)6-14(7-12(15)16)8-13(17)18;1-7-3-8(2)5-9(4-7)6-10;3-1-2(4)5/h3-5H,6-8H2,1-2H3,(H,15,16)(H,17,18);3-5H,6,10H2,1-2H3;1H2,(H,4,5). The number of nitrogens with zero attached hydrogens (tertiary/aromatic N) is 1. The number of carboxylic acid groups (broad SMARTS) is 3. The number of carboxylic acids is 3. The Bertz CT molecular complexity index is 877. The highest BCUT2D eigenvalue weighted by molar-refractivity contribution is 9.09. The number of aliphatic carboxylic acids is 3. The van der Waals surface area contributed by atoms with Crippen LogP contribution in [0.3, 0.4) is 0 Å². The Morgan fingerprint density at radius 3 is 1.33 bits per heavy atom. The summed E-state index contributed by atoms with van der Waals surface area (Å²) in [6, 6.07) is 12.3. The zero-order valence-corrected chi connectivity index (χ0v) is 21.1. The summed E-state index contributed by atoms with van der Waals surface area (Å²) in [5.41, 5.74) is 12.4. The molecule has 0 atom stereocenters. The third-order valence-corrected chi connectivity index (χ3v) is 4.52. The molecule has 2 aromatic carbocycles. The van der Waals surface area contributed by atoms with Crippen LogP contribution < -0.4 is 5.73 Å². The molecule has 0 saturated heterocycles. The van der Waals surface area contributed by atoms with Crippen molar-refractivity contribution in [1.29, 1.82) is 0 Å². The zero-order valence-electron chi connectivity index (χ0n) is 19.5. The number of carbonyl (C=O) groups is 3. The number of hydrogen-bond donors (Lipinski definition) is 4. The highest BCUT2D eigenvalue weighted by Crippen LogP contribution is 2.11. The first kappa shape index (κ1) is 30.2. The fourth-order valence-corrected chi connectivity index (χ4v) is 3.16. The minimum atomic E-state index is -1.03. The van der Waals surface area contributed by atoms with Crippen molar-refractivity contribution in [3.05, 3.63) is 69.8 Å². The Balaban J connectivity index is 0.000000569. The summed E-state index contributed by atoms with van der Waals surface area (Å²) >= 11 is 2.71. The molecular weight excluding hydrogens is 492 g/mol. The molecule has 0 amide bonds. The number of halogens is 1. The highest BCUT2D eigenvalue weighted by Gasteiger charge is 2.14. The van der Waals surface area contributed by atoms with Gasteiger partial charge in [0, 0.05) is 13.1 Å². The first-order valence-corrected chi connectivity index (χ1v) is 11.3. The highest BCUT2D eigenvalue weighted by atomic mass is 79.9. The maximum atomic E-state index is 10.7. The van der Waals surface area contributed by atoms with Crippen LogP contribution in [-0.2, 0) is 27.5 Å². The smallest absolute Gasteiger partial charge is 0.317 e. The Morgan fingerprint density at radius 2 is 1.06 bits per heavy atom. The van der Waals surface area contributed by atoms with E-state index in [1.165, 1.54) is 21.6 Å². The van der Waals surface area contributed by atoms with Crippen molar-refractivity contribution in [2.75, 3.05) is 18.4 Å². The summed E-state index contributed by atoms with van der Waals surface area (Å²) in [6.45, 7) is 8.49. The summed E-state index contributed by atoms with van der Waals surface area (Å²) in [6.07, 6.45) is 0. The fourth-order valence-electron chi connectivity index (χ4n) is 3.16. The van der Waals surface area contributed by atoms with E-state index in [1.807, 2.05) is 32.0 Å². The van der Waals surface area contributed by atoms with E-state index in [0.29, 0.717) is 13.1 Å². The number of nitrogens with two attached hydrogens (primary N) is 1. The lowest BCUT2D eigenvalue weighted by Crippen LogP contribution is -2.34. The van der Waals surface area contributed by atoms with Crippen molar-refractivity contribution >= 4 is 33.8 Å². The number of aryl methyl sites for hydroxylation is 4. The van der Waals surface area contributed by atoms with Crippen molar-refractivity contribution in [1.82, 2.24) is 4.90 Å². The van der Waals surface area contributed by atoms with Gasteiger partial charge in [0.05, 0.1) is 13.1 Å². The Hall–Kier alpha value is -2.75. The van der Waals surface area contributed by atoms with Crippen LogP contribution >= 0.6 is 15.9 Å². The second kappa shape index (κ2) is 16.0. The maximum Gasteiger partial charge on any atom is 0.317 e. The van der Waals surface area contributed by atoms with Gasteiger partial charge in [-0.15, -0.1) is 0 Å². The molecule has 0 aliphatic heterocycles. The van der Waals surface area contributed by atoms with Gasteiger partial charge in [0.15, 0.2) is 0 Å². The van der Waals surface area contributed by atoms with E-state index in [1.54, 1.807) is 0 Å². The van der Waals surface area contributed by atoms with Crippen molar-refractivity contribution in [3.8, 4) is 0 Å². The second-order valence-electron chi connectivity index (χ2n) is 7.66. The third-order valence-electron chi connectivity index (χ3n) is 4.04. The van der Waals surface area contributed by atoms with Gasteiger partial charge in [-0.2, -0.15) is 0 Å². The Labute approximate surface area is 203 Å². The topological polar surface area (TPSA) is 141 Å². The van der Waals surface area contributed by atoms with Crippen LogP contribution in [0.5, 0.6) is 0 Å². The molecule has 8 nitrogen and oxygen atoms in total. The van der Waals surface area contributed by atoms with E-state index in [-0.39, 0.29) is 18.4 Å². The van der Waals surface area contributed by atoms with Gasteiger partial charge >= 0.3 is 17.9 Å². The molecule has 0 fully saturated rings. The number of rotatable bonds is 8. The number of alkyl halides is 1. The lowest BCUT2D eigenvalue weighted by atomic mass is 10.1. The van der Waals surface area contributed by atoms with E-state index in [9.17, 15) is 14.4 Å². The molecule has 9 heteroatoms. The van der Waals surface area contributed by atoms with Crippen molar-refractivity contribution < 1.29 is 29.7 Å². The van der Waals surface area contributed by atoms with Gasteiger partial charge in [-0.1, -0.05) is 74.6 Å². The SMILES string of the molecule is Cc1cc(C)cc(CN(CC(=O)O)CC(=O)O)c1.Cc1cc(C)cc(CN)c1.O=C(O)CBr. The van der Waals surface area contributed by atoms with E-state index in [4.69, 9.17) is 21.1 Å². The lowest BCUT2D eigenvalue weighted by Gasteiger charge is -2.18. The average molecular weight is 525 g/mol. The summed E-state index contributed by atoms with van der Waals surface area (Å²) in [5, 5.41) is 25.2. The molecule has 33 heavy (non-hydrogen) atoms. The molecule has 0 aliphatic rings. The van der Waals surface area contributed by atoms with Crippen LogP contribution in [0.25, 0.3) is 0 Å². The van der Waals surface area contributed by atoms with Gasteiger partial charge in [0.1, 0.15) is 5.33 Å². The lowest BCUT2D eigenvalue weighted by molar-refractivity contribution is -0.142. The summed E-state index contributed by atoms with van der Waals surface area (Å²) < 4.78 is 0. The maximum absolute atomic E-state index is 10.7. The molecule has 0 bridgehead atoms. The monoisotopic (exact) mass is 524 g/mol. The predicted octanol–water partition coefficient (Wildman–Crippen LogP) is 3.50. The quantitative estimate of drug-likeness (QED) is 0.384. The van der Waals surface area contributed by atoms with Crippen molar-refractivity contribution in [2.24, 2.45) is 5.73 Å². The number of hydrogen-bond acceptors (Lipinski definition) is 5. The van der Waals surface area contributed by atoms with E-state index < -0.39 is 17.9 Å². The minimum Gasteiger partial charge on any atom is -0.481 e. The van der Waals surface area contributed by atoms with E-state index in [2.05, 4.69) is 48.0 Å². The first-order valence-electron chi connectivity index (χ1n) is 10.1. The first-order chi connectivity index (χ1) is 15.4. The molecular formula is C24H33BrN2O6. The minimum absolute atomic E-state index is 0.0347. The van der Waals surface area contributed by atoms with Gasteiger partial charge in [0.25, 0.3) is 0 Å². The summed E-state index contributed by atoms with van der Waals surface area (Å²) in [4.78, 5) is 32.1. The average Bonchev–Trinajstić information content (AvgIpc) is 2.66. The largest absolute Gasteiger partial charge is 0.481 e. The number of benzene rings is 2. The van der Waals surface area contributed by atoms with Crippen LogP contribution in [0.2, 0.25) is 0 Å². The van der Waals surface area contributed by atoms with E-state index >= 15 is 0 Å². The van der Waals surface area contributed by atoms with Crippen LogP contribution in [0.15, 0.2) is 36.4 Å². The normalized spacial score (nSPS) is 9.91. The molecule has 2 aromatic rings. The van der Waals surface area contributed by atoms with Gasteiger partial charge < -0.3 is 21.1 Å². The molecule has 0 saturated carbocycles. The Kier molecular flexibility index (Phi) is 14.6. The van der Waals surface area contributed by atoms with E-state index in [0.717, 1.165) is 16.7 Å². The third kappa shape index (κ3) is 15.7. The molecule has 0 unspecified atom stereocenters. The predicted molar refractivity (Wildman–Crippen MR) is 132 cm³/mol. The molecule has 0 heterocycles. The van der Waals surface area contributed by atoms with Crippen molar-refractivity contribution in [3.63, 3.8) is 0 Å². The van der Waals surface area contributed by atoms with Gasteiger partial charge in [-0.05, 0) is 38.8 Å². The van der Waals surface area contributed by atoms with Crippen LogP contribution in [0, 0.1) is 27.7 Å². The van der Waals surface area contributed by atoms with Gasteiger partial charge in [-0.25, -0.2) is 0 Å². The zero-order chi connectivity index (χ0) is 25.6. The molecule has 0 aliphatic carbocycles. The van der Waals surface area contributed by atoms with Crippen LogP contribution in [0.4, 0.5) is 0 Å². The fraction of sp³-hybridized carbons (Fsp3) is 0.375. The van der Waals surface area contributed by atoms with Gasteiger partial charge in [-0.3, -0.25) is 19.3 Å². The van der Waals surface area contributed by atoms with Gasteiger partial charge in [0.2, 0.25) is 0 Å². The van der Waals surface area contributed by atoms with Crippen LogP contribution in [0.1, 0.15) is 33.4 Å². The summed E-state index contributed by atoms with van der Waals surface area (Å²) in [5.74, 6) is -2.88. The summed E-state index contributed by atoms with van der Waals surface area (Å²) in [7, 11) is 0. The molecule has 0 radical (unpaired) electrons. The molecule has 0 aromatic heterocycles. The molecule has 5 N–H and O–H groups in total.